The molecule has 1 amide bonds. The summed E-state index contributed by atoms with van der Waals surface area (Å²) in [5, 5.41) is 3.04. The van der Waals surface area contributed by atoms with Crippen LogP contribution in [-0.2, 0) is 16.1 Å². The van der Waals surface area contributed by atoms with Crippen LogP contribution in [0.1, 0.15) is 56.6 Å². The molecule has 1 saturated heterocycles. The number of nitrogens with one attached hydrogen (secondary N) is 1. The lowest BCUT2D eigenvalue weighted by Gasteiger charge is -2.22. The molecule has 0 bridgehead atoms. The van der Waals surface area contributed by atoms with E-state index < -0.39 is 0 Å². The predicted molar refractivity (Wildman–Crippen MR) is 95.9 cm³/mol. The van der Waals surface area contributed by atoms with Gasteiger partial charge in [-0.15, -0.1) is 0 Å². The summed E-state index contributed by atoms with van der Waals surface area (Å²) in [5.74, 6) is 0.679. The van der Waals surface area contributed by atoms with Gasteiger partial charge in [-0.1, -0.05) is 38.1 Å². The number of amides is 1. The number of hydrogen-bond acceptors (Lipinski definition) is 3. The van der Waals surface area contributed by atoms with E-state index in [4.69, 9.17) is 4.74 Å². The average molecular weight is 330 g/mol. The van der Waals surface area contributed by atoms with Gasteiger partial charge in [0.2, 0.25) is 5.91 Å². The molecule has 24 heavy (non-hydrogen) atoms. The summed E-state index contributed by atoms with van der Waals surface area (Å²) in [7, 11) is 0. The van der Waals surface area contributed by atoms with E-state index in [0.717, 1.165) is 26.0 Å². The Bertz CT molecular complexity index is 531. The molecule has 2 aliphatic rings. The molecule has 3 rings (SSSR count). The first kappa shape index (κ1) is 17.4. The van der Waals surface area contributed by atoms with E-state index >= 15 is 0 Å². The van der Waals surface area contributed by atoms with Gasteiger partial charge in [0.1, 0.15) is 0 Å². The van der Waals surface area contributed by atoms with Crippen LogP contribution in [0.5, 0.6) is 0 Å². The first-order valence-electron chi connectivity index (χ1n) is 9.33. The Morgan fingerprint density at radius 2 is 2.00 bits per heavy atom. The zero-order chi connectivity index (χ0) is 16.9. The van der Waals surface area contributed by atoms with Crippen LogP contribution in [0.25, 0.3) is 0 Å². The van der Waals surface area contributed by atoms with Gasteiger partial charge in [0, 0.05) is 25.7 Å². The summed E-state index contributed by atoms with van der Waals surface area (Å²) in [5.41, 5.74) is 2.66. The minimum atomic E-state index is 0.121. The molecule has 1 aliphatic heterocycles. The van der Waals surface area contributed by atoms with E-state index in [-0.39, 0.29) is 12.0 Å². The molecule has 1 aromatic carbocycles. The molecule has 1 N–H and O–H groups in total. The second-order valence-electron chi connectivity index (χ2n) is 7.47. The standard InChI is InChI=1S/C20H30N2O2/c1-15(2)17-7-5-16(6-8-17)13-22(18-9-10-18)14-20(23)21-12-19-4-3-11-24-19/h5-8,15,18-19H,3-4,9-14H2,1-2H3,(H,21,23). The molecule has 1 unspecified atom stereocenters. The summed E-state index contributed by atoms with van der Waals surface area (Å²) in [4.78, 5) is 14.6. The molecule has 1 saturated carbocycles. The highest BCUT2D eigenvalue weighted by molar-refractivity contribution is 5.78. The third-order valence-corrected chi connectivity index (χ3v) is 4.99. The smallest absolute Gasteiger partial charge is 0.234 e. The second kappa shape index (κ2) is 8.13. The molecule has 2 fully saturated rings. The van der Waals surface area contributed by atoms with Crippen LogP contribution in [0.2, 0.25) is 0 Å². The van der Waals surface area contributed by atoms with Gasteiger partial charge >= 0.3 is 0 Å². The van der Waals surface area contributed by atoms with E-state index in [2.05, 4.69) is 48.3 Å². The molecular formula is C20H30N2O2. The highest BCUT2D eigenvalue weighted by Crippen LogP contribution is 2.28. The normalized spacial score (nSPS) is 20.8. The average Bonchev–Trinajstić information content (AvgIpc) is 3.29. The zero-order valence-electron chi connectivity index (χ0n) is 15.0. The van der Waals surface area contributed by atoms with E-state index in [1.165, 1.54) is 24.0 Å². The lowest BCUT2D eigenvalue weighted by Crippen LogP contribution is -2.40. The third kappa shape index (κ3) is 5.05. The summed E-state index contributed by atoms with van der Waals surface area (Å²) in [6.45, 7) is 7.26. The lowest BCUT2D eigenvalue weighted by atomic mass is 10.0. The maximum absolute atomic E-state index is 12.3. The Balaban J connectivity index is 1.49. The van der Waals surface area contributed by atoms with E-state index in [9.17, 15) is 4.79 Å². The molecule has 1 aromatic rings. The zero-order valence-corrected chi connectivity index (χ0v) is 15.0. The fourth-order valence-electron chi connectivity index (χ4n) is 3.27. The molecule has 4 heteroatoms. The van der Waals surface area contributed by atoms with Crippen molar-refractivity contribution in [1.29, 1.82) is 0 Å². The number of carbonyl (C=O) groups excluding carboxylic acids is 1. The Kier molecular flexibility index (Phi) is 5.90. The maximum Gasteiger partial charge on any atom is 0.234 e. The van der Waals surface area contributed by atoms with Crippen LogP contribution in [0.15, 0.2) is 24.3 Å². The van der Waals surface area contributed by atoms with Crippen molar-refractivity contribution in [2.75, 3.05) is 19.7 Å². The monoisotopic (exact) mass is 330 g/mol. The van der Waals surface area contributed by atoms with Crippen LogP contribution >= 0.6 is 0 Å². The van der Waals surface area contributed by atoms with Gasteiger partial charge in [-0.05, 0) is 42.7 Å². The molecule has 0 aromatic heterocycles. The largest absolute Gasteiger partial charge is 0.376 e. The number of benzene rings is 1. The Hall–Kier alpha value is -1.39. The maximum atomic E-state index is 12.3. The van der Waals surface area contributed by atoms with E-state index in [0.29, 0.717) is 25.0 Å². The van der Waals surface area contributed by atoms with E-state index in [1.807, 2.05) is 0 Å². The molecule has 1 atom stereocenters. The molecule has 0 spiro atoms. The van der Waals surface area contributed by atoms with Gasteiger partial charge < -0.3 is 10.1 Å². The van der Waals surface area contributed by atoms with Crippen LogP contribution in [0.4, 0.5) is 0 Å². The number of rotatable bonds is 8. The van der Waals surface area contributed by atoms with Crippen LogP contribution < -0.4 is 5.32 Å². The first-order chi connectivity index (χ1) is 11.6. The molecule has 1 heterocycles. The Labute approximate surface area is 145 Å². The highest BCUT2D eigenvalue weighted by Gasteiger charge is 2.30. The molecule has 1 aliphatic carbocycles. The van der Waals surface area contributed by atoms with Gasteiger partial charge in [-0.25, -0.2) is 0 Å². The van der Waals surface area contributed by atoms with Crippen LogP contribution in [0, 0.1) is 0 Å². The number of carbonyl (C=O) groups is 1. The van der Waals surface area contributed by atoms with Crippen molar-refractivity contribution < 1.29 is 9.53 Å². The molecule has 0 radical (unpaired) electrons. The molecule has 4 nitrogen and oxygen atoms in total. The number of nitrogens with zero attached hydrogens (tertiary/aromatic N) is 1. The van der Waals surface area contributed by atoms with Crippen LogP contribution in [0.3, 0.4) is 0 Å². The quantitative estimate of drug-likeness (QED) is 0.796. The van der Waals surface area contributed by atoms with Gasteiger partial charge in [-0.3, -0.25) is 9.69 Å². The predicted octanol–water partition coefficient (Wildman–Crippen LogP) is 3.07. The van der Waals surface area contributed by atoms with Gasteiger partial charge in [-0.2, -0.15) is 0 Å². The highest BCUT2D eigenvalue weighted by atomic mass is 16.5. The summed E-state index contributed by atoms with van der Waals surface area (Å²) in [6, 6.07) is 9.40. The third-order valence-electron chi connectivity index (χ3n) is 4.99. The first-order valence-corrected chi connectivity index (χ1v) is 9.33. The summed E-state index contributed by atoms with van der Waals surface area (Å²) >= 11 is 0. The second-order valence-corrected chi connectivity index (χ2v) is 7.47. The van der Waals surface area contributed by atoms with Gasteiger partial charge in [0.15, 0.2) is 0 Å². The molecule has 132 valence electrons. The van der Waals surface area contributed by atoms with Gasteiger partial charge in [0.25, 0.3) is 0 Å². The molecular weight excluding hydrogens is 300 g/mol. The van der Waals surface area contributed by atoms with Gasteiger partial charge in [0.05, 0.1) is 12.6 Å². The van der Waals surface area contributed by atoms with E-state index in [1.54, 1.807) is 0 Å². The Morgan fingerprint density at radius 3 is 2.58 bits per heavy atom. The fourth-order valence-corrected chi connectivity index (χ4v) is 3.27. The van der Waals surface area contributed by atoms with Crippen LogP contribution in [-0.4, -0.2) is 42.6 Å². The summed E-state index contributed by atoms with van der Waals surface area (Å²) in [6.07, 6.45) is 4.81. The van der Waals surface area contributed by atoms with Crippen molar-refractivity contribution in [1.82, 2.24) is 10.2 Å². The topological polar surface area (TPSA) is 41.6 Å². The van der Waals surface area contributed by atoms with Crippen molar-refractivity contribution in [3.63, 3.8) is 0 Å². The van der Waals surface area contributed by atoms with Crippen molar-refractivity contribution in [3.8, 4) is 0 Å². The minimum Gasteiger partial charge on any atom is -0.376 e. The minimum absolute atomic E-state index is 0.121. The van der Waals surface area contributed by atoms with Crippen molar-refractivity contribution in [2.24, 2.45) is 0 Å². The fraction of sp³-hybridized carbons (Fsp3) is 0.650. The van der Waals surface area contributed by atoms with Crippen molar-refractivity contribution >= 4 is 5.91 Å². The lowest BCUT2D eigenvalue weighted by molar-refractivity contribution is -0.123. The Morgan fingerprint density at radius 1 is 1.25 bits per heavy atom. The number of ether oxygens (including phenoxy) is 1. The van der Waals surface area contributed by atoms with Crippen molar-refractivity contribution in [3.05, 3.63) is 35.4 Å². The SMILES string of the molecule is CC(C)c1ccc(CN(CC(=O)NCC2CCCO2)C2CC2)cc1. The number of hydrogen-bond donors (Lipinski definition) is 1. The van der Waals surface area contributed by atoms with Crippen molar-refractivity contribution in [2.45, 2.75) is 64.1 Å². The summed E-state index contributed by atoms with van der Waals surface area (Å²) < 4.78 is 5.57.